The number of carbonyl (C=O) groups is 1. The first-order chi connectivity index (χ1) is 11.7. The highest BCUT2D eigenvalue weighted by molar-refractivity contribution is 5.95. The summed E-state index contributed by atoms with van der Waals surface area (Å²) in [6.07, 6.45) is 1.06. The van der Waals surface area contributed by atoms with Crippen LogP contribution in [0.25, 0.3) is 28.7 Å². The maximum atomic E-state index is 10.8. The lowest BCUT2D eigenvalue weighted by Gasteiger charge is -2.01. The van der Waals surface area contributed by atoms with Gasteiger partial charge in [-0.2, -0.15) is 10.2 Å². The predicted octanol–water partition coefficient (Wildman–Crippen LogP) is 3.40. The highest BCUT2D eigenvalue weighted by atomic mass is 16.5. The van der Waals surface area contributed by atoms with Gasteiger partial charge in [0.1, 0.15) is 11.6 Å². The van der Waals surface area contributed by atoms with Gasteiger partial charge < -0.3 is 9.63 Å². The number of carboxylic acids is 1. The molecule has 0 unspecified atom stereocenters. The van der Waals surface area contributed by atoms with Gasteiger partial charge in [-0.3, -0.25) is 0 Å². The highest BCUT2D eigenvalue weighted by Crippen LogP contribution is 2.24. The zero-order valence-corrected chi connectivity index (χ0v) is 12.4. The van der Waals surface area contributed by atoms with Crippen LogP contribution in [-0.2, 0) is 4.79 Å². The predicted molar refractivity (Wildman–Crippen MR) is 86.4 cm³/mol. The van der Waals surface area contributed by atoms with Crippen LogP contribution in [-0.4, -0.2) is 21.2 Å². The van der Waals surface area contributed by atoms with Gasteiger partial charge in [0.2, 0.25) is 0 Å². The fourth-order valence-electron chi connectivity index (χ4n) is 2.12. The molecule has 6 nitrogen and oxygen atoms in total. The Balaban J connectivity index is 1.86. The molecule has 0 aliphatic carbocycles. The molecule has 1 aromatic heterocycles. The normalized spacial score (nSPS) is 11.0. The average molecular weight is 317 g/mol. The fourth-order valence-corrected chi connectivity index (χ4v) is 2.12. The molecule has 0 atom stereocenters. The van der Waals surface area contributed by atoms with E-state index in [2.05, 4.69) is 10.1 Å². The largest absolute Gasteiger partial charge is 0.477 e. The van der Waals surface area contributed by atoms with Crippen LogP contribution in [0, 0.1) is 11.3 Å². The van der Waals surface area contributed by atoms with Crippen LogP contribution < -0.4 is 0 Å². The molecule has 116 valence electrons. The molecular formula is C18H11N3O3. The van der Waals surface area contributed by atoms with Crippen molar-refractivity contribution in [2.45, 2.75) is 0 Å². The summed E-state index contributed by atoms with van der Waals surface area (Å²) in [7, 11) is 0. The molecule has 0 aliphatic heterocycles. The molecule has 2 aromatic carbocycles. The number of nitrogens with zero attached hydrogens (tertiary/aromatic N) is 3. The van der Waals surface area contributed by atoms with Crippen LogP contribution in [0.5, 0.6) is 0 Å². The summed E-state index contributed by atoms with van der Waals surface area (Å²) in [4.78, 5) is 14.9. The van der Waals surface area contributed by atoms with E-state index in [1.165, 1.54) is 0 Å². The first-order valence-corrected chi connectivity index (χ1v) is 7.02. The van der Waals surface area contributed by atoms with Crippen molar-refractivity contribution in [3.05, 3.63) is 66.0 Å². The number of carboxylic acid groups (broad SMARTS) is 1. The summed E-state index contributed by atoms with van der Waals surface area (Å²) < 4.78 is 5.11. The number of benzene rings is 2. The van der Waals surface area contributed by atoms with Crippen LogP contribution in [0.3, 0.4) is 0 Å². The minimum Gasteiger partial charge on any atom is -0.477 e. The molecule has 6 heteroatoms. The van der Waals surface area contributed by atoms with Gasteiger partial charge in [-0.25, -0.2) is 4.79 Å². The van der Waals surface area contributed by atoms with Crippen molar-refractivity contribution in [3.63, 3.8) is 0 Å². The molecule has 3 rings (SSSR count). The van der Waals surface area contributed by atoms with Crippen LogP contribution in [0.2, 0.25) is 0 Å². The van der Waals surface area contributed by atoms with Crippen molar-refractivity contribution in [3.8, 4) is 28.7 Å². The summed E-state index contributed by atoms with van der Waals surface area (Å²) in [6.45, 7) is 0. The second-order valence-electron chi connectivity index (χ2n) is 4.88. The minimum absolute atomic E-state index is 0.0380. The molecular weight excluding hydrogens is 306 g/mol. The van der Waals surface area contributed by atoms with E-state index in [-0.39, 0.29) is 11.7 Å². The van der Waals surface area contributed by atoms with Gasteiger partial charge in [0.25, 0.3) is 5.89 Å². The van der Waals surface area contributed by atoms with Gasteiger partial charge in [0.15, 0.2) is 5.82 Å². The van der Waals surface area contributed by atoms with Gasteiger partial charge in [-0.05, 0) is 23.3 Å². The Bertz CT molecular complexity index is 936. The number of hydrogen-bond acceptors (Lipinski definition) is 5. The number of aliphatic carboxylic acids is 1. The van der Waals surface area contributed by atoms with Crippen LogP contribution in [0.1, 0.15) is 5.82 Å². The first kappa shape index (κ1) is 15.2. The van der Waals surface area contributed by atoms with Crippen molar-refractivity contribution in [2.75, 3.05) is 0 Å². The monoisotopic (exact) mass is 317 g/mol. The zero-order chi connectivity index (χ0) is 16.9. The second-order valence-corrected chi connectivity index (χ2v) is 4.88. The molecule has 0 amide bonds. The molecule has 0 fully saturated rings. The topological polar surface area (TPSA) is 100 Å². The van der Waals surface area contributed by atoms with E-state index in [0.717, 1.165) is 17.2 Å². The first-order valence-electron chi connectivity index (χ1n) is 7.02. The SMILES string of the molecule is N#CC(=Cc1noc(-c2ccc(-c3ccccc3)cc2)n1)C(=O)O. The Morgan fingerprint density at radius 2 is 1.67 bits per heavy atom. The zero-order valence-electron chi connectivity index (χ0n) is 12.4. The van der Waals surface area contributed by atoms with Crippen molar-refractivity contribution in [1.82, 2.24) is 10.1 Å². The summed E-state index contributed by atoms with van der Waals surface area (Å²) in [5, 5.41) is 21.2. The van der Waals surface area contributed by atoms with E-state index in [1.807, 2.05) is 54.6 Å². The maximum Gasteiger partial charge on any atom is 0.346 e. The molecule has 24 heavy (non-hydrogen) atoms. The van der Waals surface area contributed by atoms with E-state index in [4.69, 9.17) is 14.9 Å². The summed E-state index contributed by atoms with van der Waals surface area (Å²) in [5.41, 5.74) is 2.40. The van der Waals surface area contributed by atoms with E-state index >= 15 is 0 Å². The third-order valence-electron chi connectivity index (χ3n) is 3.31. The van der Waals surface area contributed by atoms with Crippen molar-refractivity contribution in [1.29, 1.82) is 5.26 Å². The second kappa shape index (κ2) is 6.58. The molecule has 1 heterocycles. The molecule has 1 N–H and O–H groups in total. The third-order valence-corrected chi connectivity index (χ3v) is 3.31. The molecule has 0 aliphatic rings. The molecule has 0 saturated heterocycles. The minimum atomic E-state index is -1.34. The fraction of sp³-hybridized carbons (Fsp3) is 0. The number of hydrogen-bond donors (Lipinski definition) is 1. The van der Waals surface area contributed by atoms with Crippen LogP contribution in [0.15, 0.2) is 64.7 Å². The van der Waals surface area contributed by atoms with E-state index in [9.17, 15) is 4.79 Å². The van der Waals surface area contributed by atoms with Gasteiger partial charge in [-0.15, -0.1) is 0 Å². The van der Waals surface area contributed by atoms with Gasteiger partial charge >= 0.3 is 5.97 Å². The average Bonchev–Trinajstić information content (AvgIpc) is 3.09. The highest BCUT2D eigenvalue weighted by Gasteiger charge is 2.11. The quantitative estimate of drug-likeness (QED) is 0.584. The lowest BCUT2D eigenvalue weighted by atomic mass is 10.0. The van der Waals surface area contributed by atoms with Crippen molar-refractivity contribution < 1.29 is 14.4 Å². The van der Waals surface area contributed by atoms with E-state index in [1.54, 1.807) is 6.07 Å². The summed E-state index contributed by atoms with van der Waals surface area (Å²) in [6, 6.07) is 19.0. The van der Waals surface area contributed by atoms with Crippen LogP contribution >= 0.6 is 0 Å². The Morgan fingerprint density at radius 3 is 2.29 bits per heavy atom. The van der Waals surface area contributed by atoms with Gasteiger partial charge in [0, 0.05) is 11.6 Å². The number of aromatic nitrogens is 2. The van der Waals surface area contributed by atoms with E-state index < -0.39 is 11.5 Å². The molecule has 0 radical (unpaired) electrons. The Morgan fingerprint density at radius 1 is 1.04 bits per heavy atom. The van der Waals surface area contributed by atoms with Crippen molar-refractivity contribution >= 4 is 12.0 Å². The molecule has 0 spiro atoms. The standard InChI is InChI=1S/C18H11N3O3/c19-11-15(18(22)23)10-16-20-17(24-21-16)14-8-6-13(7-9-14)12-4-2-1-3-5-12/h1-10H,(H,22,23). The Labute approximate surface area is 137 Å². The maximum absolute atomic E-state index is 10.8. The summed E-state index contributed by atoms with van der Waals surface area (Å²) in [5.74, 6) is -1.05. The summed E-state index contributed by atoms with van der Waals surface area (Å²) >= 11 is 0. The van der Waals surface area contributed by atoms with Crippen LogP contribution in [0.4, 0.5) is 0 Å². The van der Waals surface area contributed by atoms with Gasteiger partial charge in [0.05, 0.1) is 0 Å². The number of nitriles is 1. The molecule has 0 saturated carbocycles. The third kappa shape index (κ3) is 3.20. The lowest BCUT2D eigenvalue weighted by Crippen LogP contribution is -1.97. The Hall–Kier alpha value is -3.72. The van der Waals surface area contributed by atoms with E-state index in [0.29, 0.717) is 5.56 Å². The number of rotatable bonds is 4. The molecule has 0 bridgehead atoms. The van der Waals surface area contributed by atoms with Gasteiger partial charge in [-0.1, -0.05) is 47.6 Å². The van der Waals surface area contributed by atoms with Crippen molar-refractivity contribution in [2.24, 2.45) is 0 Å². The smallest absolute Gasteiger partial charge is 0.346 e. The molecule has 3 aromatic rings. The lowest BCUT2D eigenvalue weighted by molar-refractivity contribution is -0.132. The Kier molecular flexibility index (Phi) is 4.17.